The Morgan fingerprint density at radius 1 is 1.19 bits per heavy atom. The number of aromatic nitrogens is 3. The molecular weight excluding hydrogens is 404 g/mol. The Bertz CT molecular complexity index is 1340. The van der Waals surface area contributed by atoms with Crippen LogP contribution in [0.1, 0.15) is 42.0 Å². The molecule has 0 unspecified atom stereocenters. The maximum Gasteiger partial charge on any atom is 0.266 e. The van der Waals surface area contributed by atoms with Crippen LogP contribution in [-0.4, -0.2) is 20.6 Å². The van der Waals surface area contributed by atoms with E-state index in [0.717, 1.165) is 30.4 Å². The summed E-state index contributed by atoms with van der Waals surface area (Å²) in [6.07, 6.45) is 4.63. The molecule has 0 bridgehead atoms. The molecule has 1 aliphatic rings. The number of carbonyl (C=O) groups is 1. The lowest BCUT2D eigenvalue weighted by molar-refractivity contribution is -0.122. The van der Waals surface area contributed by atoms with E-state index >= 15 is 0 Å². The third-order valence-corrected chi connectivity index (χ3v) is 6.07. The first kappa shape index (κ1) is 20.2. The van der Waals surface area contributed by atoms with Crippen LogP contribution in [0.5, 0.6) is 0 Å². The number of aryl methyl sites for hydroxylation is 3. The van der Waals surface area contributed by atoms with Crippen molar-refractivity contribution in [2.45, 2.75) is 45.2 Å². The van der Waals surface area contributed by atoms with Crippen molar-refractivity contribution in [3.05, 3.63) is 81.9 Å². The Balaban J connectivity index is 1.33. The van der Waals surface area contributed by atoms with Gasteiger partial charge in [-0.15, -0.1) is 0 Å². The number of carbonyl (C=O) groups excluding carboxylic acids is 1. The van der Waals surface area contributed by atoms with Crippen LogP contribution >= 0.6 is 0 Å². The van der Waals surface area contributed by atoms with E-state index in [1.807, 2.05) is 43.3 Å². The molecule has 2 heterocycles. The molecule has 1 N–H and O–H groups in total. The SMILES string of the molecule is Cc1ccc(-c2noc3ncn(CCC(=O)N[C@H]4CCCc5ccccc54)c(=O)c23)cc1. The largest absolute Gasteiger partial charge is 0.349 e. The molecule has 5 rings (SSSR count). The molecule has 0 saturated carbocycles. The van der Waals surface area contributed by atoms with E-state index in [9.17, 15) is 9.59 Å². The minimum absolute atomic E-state index is 0.0241. The number of rotatable bonds is 5. The smallest absolute Gasteiger partial charge is 0.266 e. The van der Waals surface area contributed by atoms with Crippen LogP contribution in [0.25, 0.3) is 22.4 Å². The summed E-state index contributed by atoms with van der Waals surface area (Å²) in [5, 5.41) is 7.53. The highest BCUT2D eigenvalue weighted by molar-refractivity contribution is 5.88. The number of nitrogens with zero attached hydrogens (tertiary/aromatic N) is 3. The van der Waals surface area contributed by atoms with Gasteiger partial charge in [-0.1, -0.05) is 59.3 Å². The number of amides is 1. The average Bonchev–Trinajstić information content (AvgIpc) is 3.24. The summed E-state index contributed by atoms with van der Waals surface area (Å²) < 4.78 is 6.73. The Morgan fingerprint density at radius 2 is 2.00 bits per heavy atom. The Kier molecular flexibility index (Phi) is 5.31. The van der Waals surface area contributed by atoms with E-state index in [1.165, 1.54) is 22.0 Å². The highest BCUT2D eigenvalue weighted by Crippen LogP contribution is 2.29. The fourth-order valence-electron chi connectivity index (χ4n) is 4.34. The van der Waals surface area contributed by atoms with Crippen molar-refractivity contribution in [2.24, 2.45) is 0 Å². The number of benzene rings is 2. The summed E-state index contributed by atoms with van der Waals surface area (Å²) in [6, 6.07) is 16.0. The van der Waals surface area contributed by atoms with Crippen LogP contribution in [-0.2, 0) is 17.8 Å². The number of nitrogens with one attached hydrogen (secondary N) is 1. The van der Waals surface area contributed by atoms with Crippen molar-refractivity contribution in [3.8, 4) is 11.3 Å². The second-order valence-electron chi connectivity index (χ2n) is 8.28. The Hall–Kier alpha value is -3.74. The summed E-state index contributed by atoms with van der Waals surface area (Å²) in [5.74, 6) is -0.0808. The van der Waals surface area contributed by atoms with Crippen LogP contribution < -0.4 is 10.9 Å². The van der Waals surface area contributed by atoms with Gasteiger partial charge in [0, 0.05) is 18.5 Å². The van der Waals surface area contributed by atoms with Gasteiger partial charge < -0.3 is 9.84 Å². The summed E-state index contributed by atoms with van der Waals surface area (Å²) >= 11 is 0. The van der Waals surface area contributed by atoms with E-state index in [4.69, 9.17) is 4.52 Å². The third-order valence-electron chi connectivity index (χ3n) is 6.07. The lowest BCUT2D eigenvalue weighted by Gasteiger charge is -2.26. The Morgan fingerprint density at radius 3 is 2.84 bits per heavy atom. The predicted molar refractivity (Wildman–Crippen MR) is 121 cm³/mol. The first-order valence-corrected chi connectivity index (χ1v) is 10.9. The molecule has 1 aliphatic carbocycles. The molecule has 7 nitrogen and oxygen atoms in total. The predicted octanol–water partition coefficient (Wildman–Crippen LogP) is 3.94. The van der Waals surface area contributed by atoms with Gasteiger partial charge in [0.25, 0.3) is 11.3 Å². The first-order chi connectivity index (χ1) is 15.6. The van der Waals surface area contributed by atoms with Crippen molar-refractivity contribution in [1.29, 1.82) is 0 Å². The number of hydrogen-bond donors (Lipinski definition) is 1. The van der Waals surface area contributed by atoms with Crippen LogP contribution in [0, 0.1) is 6.92 Å². The van der Waals surface area contributed by atoms with Crippen molar-refractivity contribution in [3.63, 3.8) is 0 Å². The van der Waals surface area contributed by atoms with E-state index in [2.05, 4.69) is 27.6 Å². The second kappa shape index (κ2) is 8.42. The molecule has 0 aliphatic heterocycles. The van der Waals surface area contributed by atoms with Gasteiger partial charge in [-0.05, 0) is 37.3 Å². The molecule has 0 fully saturated rings. The van der Waals surface area contributed by atoms with E-state index < -0.39 is 0 Å². The molecule has 2 aromatic heterocycles. The Labute approximate surface area is 185 Å². The maximum absolute atomic E-state index is 13.1. The average molecular weight is 428 g/mol. The monoisotopic (exact) mass is 428 g/mol. The molecule has 2 aromatic carbocycles. The standard InChI is InChI=1S/C25H24N4O3/c1-16-9-11-18(12-10-16)23-22-24(32-28-23)26-15-29(25(22)31)14-13-21(30)27-20-8-4-6-17-5-2-3-7-19(17)20/h2-3,5,7,9-12,15,20H,4,6,8,13-14H2,1H3,(H,27,30)/t20-/m0/s1. The van der Waals surface area contributed by atoms with Gasteiger partial charge >= 0.3 is 0 Å². The lowest BCUT2D eigenvalue weighted by atomic mass is 9.88. The normalized spacial score (nSPS) is 15.5. The molecule has 1 atom stereocenters. The van der Waals surface area contributed by atoms with Crippen molar-refractivity contribution < 1.29 is 9.32 Å². The van der Waals surface area contributed by atoms with Gasteiger partial charge in [-0.2, -0.15) is 0 Å². The van der Waals surface area contributed by atoms with Gasteiger partial charge in [0.15, 0.2) is 0 Å². The van der Waals surface area contributed by atoms with Crippen LogP contribution in [0.15, 0.2) is 64.2 Å². The zero-order valence-electron chi connectivity index (χ0n) is 17.9. The summed E-state index contributed by atoms with van der Waals surface area (Å²) in [7, 11) is 0. The topological polar surface area (TPSA) is 90.0 Å². The molecule has 32 heavy (non-hydrogen) atoms. The van der Waals surface area contributed by atoms with Crippen molar-refractivity contribution in [1.82, 2.24) is 20.0 Å². The third kappa shape index (κ3) is 3.82. The van der Waals surface area contributed by atoms with E-state index in [0.29, 0.717) is 11.1 Å². The van der Waals surface area contributed by atoms with Crippen LogP contribution in [0.3, 0.4) is 0 Å². The quantitative estimate of drug-likeness (QED) is 0.520. The summed E-state index contributed by atoms with van der Waals surface area (Å²) in [5.41, 5.74) is 4.80. The highest BCUT2D eigenvalue weighted by atomic mass is 16.5. The van der Waals surface area contributed by atoms with Crippen LogP contribution in [0.2, 0.25) is 0 Å². The highest BCUT2D eigenvalue weighted by Gasteiger charge is 2.22. The van der Waals surface area contributed by atoms with Gasteiger partial charge in [0.2, 0.25) is 5.91 Å². The molecule has 0 saturated heterocycles. The molecule has 1 amide bonds. The zero-order valence-corrected chi connectivity index (χ0v) is 17.9. The lowest BCUT2D eigenvalue weighted by Crippen LogP contribution is -2.32. The van der Waals surface area contributed by atoms with Gasteiger partial charge in [0.05, 0.1) is 6.04 Å². The van der Waals surface area contributed by atoms with E-state index in [-0.39, 0.29) is 36.2 Å². The number of hydrogen-bond acceptors (Lipinski definition) is 5. The fraction of sp³-hybridized carbons (Fsp3) is 0.280. The molecular formula is C25H24N4O3. The second-order valence-corrected chi connectivity index (χ2v) is 8.28. The number of fused-ring (bicyclic) bond motifs is 2. The molecule has 4 aromatic rings. The summed E-state index contributed by atoms with van der Waals surface area (Å²) in [6.45, 7) is 2.23. The minimum atomic E-state index is -0.261. The fourth-order valence-corrected chi connectivity index (χ4v) is 4.34. The maximum atomic E-state index is 13.1. The first-order valence-electron chi connectivity index (χ1n) is 10.9. The van der Waals surface area contributed by atoms with Gasteiger partial charge in [0.1, 0.15) is 17.4 Å². The van der Waals surface area contributed by atoms with Gasteiger partial charge in [-0.3, -0.25) is 14.2 Å². The summed E-state index contributed by atoms with van der Waals surface area (Å²) in [4.78, 5) is 30.0. The van der Waals surface area contributed by atoms with Crippen molar-refractivity contribution in [2.75, 3.05) is 0 Å². The van der Waals surface area contributed by atoms with Gasteiger partial charge in [-0.25, -0.2) is 4.98 Å². The van der Waals surface area contributed by atoms with Crippen molar-refractivity contribution >= 4 is 17.0 Å². The molecule has 162 valence electrons. The van der Waals surface area contributed by atoms with Crippen LogP contribution in [0.4, 0.5) is 0 Å². The minimum Gasteiger partial charge on any atom is -0.349 e. The van der Waals surface area contributed by atoms with E-state index in [1.54, 1.807) is 0 Å². The molecule has 0 radical (unpaired) electrons. The zero-order chi connectivity index (χ0) is 22.1. The molecule has 7 heteroatoms. The molecule has 0 spiro atoms.